The minimum atomic E-state index is -1.61. The van der Waals surface area contributed by atoms with E-state index in [0.717, 1.165) is 6.08 Å². The summed E-state index contributed by atoms with van der Waals surface area (Å²) < 4.78 is 37.6. The van der Waals surface area contributed by atoms with Gasteiger partial charge in [-0.15, -0.1) is 10.2 Å². The molecular formula is C19H18F2N4O3. The van der Waals surface area contributed by atoms with E-state index in [4.69, 9.17) is 9.15 Å². The van der Waals surface area contributed by atoms with E-state index >= 15 is 0 Å². The van der Waals surface area contributed by atoms with Crippen LogP contribution in [0, 0.1) is 0 Å². The quantitative estimate of drug-likeness (QED) is 0.795. The molecule has 28 heavy (non-hydrogen) atoms. The maximum Gasteiger partial charge on any atom is 0.415 e. The second-order valence-electron chi connectivity index (χ2n) is 6.66. The van der Waals surface area contributed by atoms with Gasteiger partial charge in [-0.3, -0.25) is 4.98 Å². The van der Waals surface area contributed by atoms with E-state index < -0.39 is 18.1 Å². The van der Waals surface area contributed by atoms with Gasteiger partial charge in [-0.1, -0.05) is 6.08 Å². The number of hydrogen-bond acceptors (Lipinski definition) is 6. The van der Waals surface area contributed by atoms with Crippen LogP contribution >= 0.6 is 0 Å². The van der Waals surface area contributed by atoms with Crippen LogP contribution in [0.4, 0.5) is 13.6 Å². The van der Waals surface area contributed by atoms with Gasteiger partial charge in [0.2, 0.25) is 11.8 Å². The summed E-state index contributed by atoms with van der Waals surface area (Å²) in [7, 11) is 0. The molecule has 2 aromatic rings. The number of nitrogens with zero attached hydrogens (tertiary/aromatic N) is 4. The van der Waals surface area contributed by atoms with E-state index in [1.165, 1.54) is 6.20 Å². The number of carbonyl (C=O) groups excluding carboxylic acids is 1. The molecule has 2 aromatic heterocycles. The number of carbonyl (C=O) groups is 1. The molecule has 3 heterocycles. The van der Waals surface area contributed by atoms with Gasteiger partial charge < -0.3 is 14.1 Å². The maximum atomic E-state index is 13.5. The Hall–Kier alpha value is -3.10. The predicted molar refractivity (Wildman–Crippen MR) is 94.8 cm³/mol. The highest BCUT2D eigenvalue weighted by atomic mass is 19.2. The summed E-state index contributed by atoms with van der Waals surface area (Å²) in [6, 6.07) is 3.36. The van der Waals surface area contributed by atoms with E-state index in [0.29, 0.717) is 43.1 Å². The average Bonchev–Trinajstić information content (AvgIpc) is 3.21. The van der Waals surface area contributed by atoms with Crippen LogP contribution < -0.4 is 4.74 Å². The first-order valence-electron chi connectivity index (χ1n) is 9.02. The van der Waals surface area contributed by atoms with Gasteiger partial charge in [0.1, 0.15) is 5.83 Å². The van der Waals surface area contributed by atoms with Crippen molar-refractivity contribution in [3.05, 3.63) is 54.3 Å². The molecule has 0 spiro atoms. The van der Waals surface area contributed by atoms with Crippen LogP contribution in [-0.4, -0.2) is 45.4 Å². The summed E-state index contributed by atoms with van der Waals surface area (Å²) >= 11 is 0. The summed E-state index contributed by atoms with van der Waals surface area (Å²) in [5.41, 5.74) is 0.391. The van der Waals surface area contributed by atoms with Gasteiger partial charge in [0, 0.05) is 37.2 Å². The Labute approximate surface area is 159 Å². The minimum absolute atomic E-state index is 0.00404. The molecule has 1 aliphatic carbocycles. The Morgan fingerprint density at radius 3 is 2.82 bits per heavy atom. The molecular weight excluding hydrogens is 370 g/mol. The summed E-state index contributed by atoms with van der Waals surface area (Å²) in [4.78, 5) is 17.7. The lowest BCUT2D eigenvalue weighted by atomic mass is 9.97. The molecule has 1 amide bonds. The molecule has 9 heteroatoms. The maximum absolute atomic E-state index is 13.5. The third-order valence-corrected chi connectivity index (χ3v) is 4.77. The Morgan fingerprint density at radius 1 is 1.29 bits per heavy atom. The molecule has 4 rings (SSSR count). The lowest BCUT2D eigenvalue weighted by Crippen LogP contribution is -2.39. The smallest absolute Gasteiger partial charge is 0.415 e. The first kappa shape index (κ1) is 18.3. The molecule has 146 valence electrons. The lowest BCUT2D eigenvalue weighted by Gasteiger charge is -2.29. The van der Waals surface area contributed by atoms with Crippen molar-refractivity contribution in [1.82, 2.24) is 20.1 Å². The van der Waals surface area contributed by atoms with Crippen LogP contribution in [0.3, 0.4) is 0 Å². The molecule has 1 aliphatic heterocycles. The first-order valence-corrected chi connectivity index (χ1v) is 9.02. The molecule has 0 radical (unpaired) electrons. The number of halogens is 2. The number of allylic oxidation sites excluding steroid dienone is 4. The molecule has 2 aliphatic rings. The van der Waals surface area contributed by atoms with Crippen molar-refractivity contribution in [2.24, 2.45) is 0 Å². The predicted octanol–water partition coefficient (Wildman–Crippen LogP) is 3.82. The molecule has 0 saturated carbocycles. The highest BCUT2D eigenvalue weighted by Gasteiger charge is 2.29. The fourth-order valence-electron chi connectivity index (χ4n) is 3.19. The highest BCUT2D eigenvalue weighted by molar-refractivity contribution is 5.71. The Morgan fingerprint density at radius 2 is 2.11 bits per heavy atom. The summed E-state index contributed by atoms with van der Waals surface area (Å²) in [5, 5.41) is 8.00. The van der Waals surface area contributed by atoms with Crippen LogP contribution in [0.25, 0.3) is 5.57 Å². The van der Waals surface area contributed by atoms with Crippen LogP contribution in [0.2, 0.25) is 0 Å². The fourth-order valence-corrected chi connectivity index (χ4v) is 3.19. The number of aromatic nitrogens is 3. The van der Waals surface area contributed by atoms with Crippen molar-refractivity contribution in [2.45, 2.75) is 31.4 Å². The zero-order chi connectivity index (χ0) is 19.5. The Bertz CT molecular complexity index is 905. The number of hydrogen-bond donors (Lipinski definition) is 0. The molecule has 0 bridgehead atoms. The monoisotopic (exact) mass is 388 g/mol. The van der Waals surface area contributed by atoms with Crippen molar-refractivity contribution >= 4 is 11.7 Å². The number of ether oxygens (including phenoxy) is 1. The van der Waals surface area contributed by atoms with Crippen LogP contribution in [0.15, 0.2) is 46.9 Å². The van der Waals surface area contributed by atoms with Crippen molar-refractivity contribution in [3.63, 3.8) is 0 Å². The third-order valence-electron chi connectivity index (χ3n) is 4.77. The normalized spacial score (nSPS) is 20.5. The number of likely N-dealkylation sites (tertiary alicyclic amines) is 1. The van der Waals surface area contributed by atoms with E-state index in [2.05, 4.69) is 15.2 Å². The van der Waals surface area contributed by atoms with Gasteiger partial charge in [0.15, 0.2) is 11.9 Å². The van der Waals surface area contributed by atoms with Crippen molar-refractivity contribution in [1.29, 1.82) is 0 Å². The van der Waals surface area contributed by atoms with Gasteiger partial charge in [0.25, 0.3) is 0 Å². The van der Waals surface area contributed by atoms with Gasteiger partial charge >= 0.3 is 6.09 Å². The molecule has 1 unspecified atom stereocenters. The molecule has 1 fully saturated rings. The largest absolute Gasteiger partial charge is 0.420 e. The van der Waals surface area contributed by atoms with Gasteiger partial charge in [-0.05, 0) is 31.1 Å². The van der Waals surface area contributed by atoms with E-state index in [1.807, 2.05) is 0 Å². The number of amides is 1. The topological polar surface area (TPSA) is 81.4 Å². The van der Waals surface area contributed by atoms with Gasteiger partial charge in [-0.25, -0.2) is 13.6 Å². The second-order valence-corrected chi connectivity index (χ2v) is 6.66. The lowest BCUT2D eigenvalue weighted by molar-refractivity contribution is 0.136. The Kier molecular flexibility index (Phi) is 5.14. The summed E-state index contributed by atoms with van der Waals surface area (Å²) in [5.74, 6) is 0.170. The fraction of sp³-hybridized carbons (Fsp3) is 0.368. The third kappa shape index (κ3) is 3.92. The SMILES string of the molecule is O=C(Oc1cccnc1)N1CCC(c2nnc(C3=CCC(F)C(F)=C3)o2)CC1. The zero-order valence-corrected chi connectivity index (χ0v) is 14.9. The van der Waals surface area contributed by atoms with Gasteiger partial charge in [-0.2, -0.15) is 0 Å². The first-order chi connectivity index (χ1) is 13.6. The van der Waals surface area contributed by atoms with Gasteiger partial charge in [0.05, 0.1) is 6.20 Å². The van der Waals surface area contributed by atoms with E-state index in [-0.39, 0.29) is 18.2 Å². The number of alkyl halides is 1. The van der Waals surface area contributed by atoms with Crippen LogP contribution in [-0.2, 0) is 0 Å². The standard InChI is InChI=1S/C19H18F2N4O3/c20-15-4-3-13(10-16(15)21)18-24-23-17(28-18)12-5-8-25(9-6-12)19(26)27-14-2-1-7-22-11-14/h1-3,7,10-12,15H,4-6,8-9H2. The molecule has 1 atom stereocenters. The number of rotatable bonds is 3. The zero-order valence-electron chi connectivity index (χ0n) is 14.9. The molecule has 0 N–H and O–H groups in total. The van der Waals surface area contributed by atoms with Crippen LogP contribution in [0.1, 0.15) is 37.0 Å². The number of pyridine rings is 1. The van der Waals surface area contributed by atoms with Crippen molar-refractivity contribution in [2.75, 3.05) is 13.1 Å². The van der Waals surface area contributed by atoms with Crippen LogP contribution in [0.5, 0.6) is 5.75 Å². The minimum Gasteiger partial charge on any atom is -0.420 e. The summed E-state index contributed by atoms with van der Waals surface area (Å²) in [6.07, 6.45) is 4.90. The van der Waals surface area contributed by atoms with Crippen molar-refractivity contribution in [3.8, 4) is 5.75 Å². The number of piperidine rings is 1. The average molecular weight is 388 g/mol. The van der Waals surface area contributed by atoms with E-state index in [9.17, 15) is 13.6 Å². The molecule has 7 nitrogen and oxygen atoms in total. The second kappa shape index (κ2) is 7.87. The molecule has 0 aromatic carbocycles. The Balaban J connectivity index is 1.34. The highest BCUT2D eigenvalue weighted by Crippen LogP contribution is 2.31. The summed E-state index contributed by atoms with van der Waals surface area (Å²) in [6.45, 7) is 0.977. The van der Waals surface area contributed by atoms with Crippen molar-refractivity contribution < 1.29 is 22.7 Å². The molecule has 1 saturated heterocycles. The van der Waals surface area contributed by atoms with E-state index in [1.54, 1.807) is 29.3 Å².